The summed E-state index contributed by atoms with van der Waals surface area (Å²) in [6.45, 7) is 3.61. The molecule has 4 N–H and O–H groups in total. The molecular formula is C25H42O5. The molecule has 172 valence electrons. The first kappa shape index (κ1) is 26.6. The highest BCUT2D eigenvalue weighted by Crippen LogP contribution is 2.33. The first-order chi connectivity index (χ1) is 14.3. The Morgan fingerprint density at radius 2 is 1.40 bits per heavy atom. The quantitative estimate of drug-likeness (QED) is 0.260. The van der Waals surface area contributed by atoms with Gasteiger partial charge in [0.25, 0.3) is 0 Å². The topological polar surface area (TPSA) is 98.0 Å². The lowest BCUT2D eigenvalue weighted by molar-refractivity contribution is -0.156. The molecule has 1 rings (SSSR count). The molecule has 0 aliphatic heterocycles. The van der Waals surface area contributed by atoms with Gasteiger partial charge in [-0.15, -0.1) is 0 Å². The SMILES string of the molecule is CCCCCCCCCCCCc1ccc(C(O)C(O)(CCC(=O)O)C(C)O)cc1. The van der Waals surface area contributed by atoms with E-state index in [4.69, 9.17) is 5.11 Å². The van der Waals surface area contributed by atoms with Crippen LogP contribution in [0.4, 0.5) is 0 Å². The lowest BCUT2D eigenvalue weighted by Gasteiger charge is -2.35. The van der Waals surface area contributed by atoms with Crippen molar-refractivity contribution in [2.24, 2.45) is 0 Å². The lowest BCUT2D eigenvalue weighted by Crippen LogP contribution is -2.46. The van der Waals surface area contributed by atoms with Crippen LogP contribution in [0.25, 0.3) is 0 Å². The molecule has 0 bridgehead atoms. The minimum Gasteiger partial charge on any atom is -0.481 e. The third-order valence-electron chi connectivity index (χ3n) is 6.05. The van der Waals surface area contributed by atoms with Gasteiger partial charge in [-0.05, 0) is 37.3 Å². The van der Waals surface area contributed by atoms with Gasteiger partial charge < -0.3 is 20.4 Å². The van der Waals surface area contributed by atoms with Gasteiger partial charge >= 0.3 is 5.97 Å². The maximum Gasteiger partial charge on any atom is 0.303 e. The van der Waals surface area contributed by atoms with Crippen LogP contribution >= 0.6 is 0 Å². The highest BCUT2D eigenvalue weighted by atomic mass is 16.4. The lowest BCUT2D eigenvalue weighted by atomic mass is 9.82. The van der Waals surface area contributed by atoms with E-state index in [0.29, 0.717) is 5.56 Å². The van der Waals surface area contributed by atoms with Crippen molar-refractivity contribution in [3.05, 3.63) is 35.4 Å². The van der Waals surface area contributed by atoms with Gasteiger partial charge in [0.05, 0.1) is 6.10 Å². The van der Waals surface area contributed by atoms with Crippen LogP contribution in [0.15, 0.2) is 24.3 Å². The van der Waals surface area contributed by atoms with Crippen molar-refractivity contribution in [3.63, 3.8) is 0 Å². The number of rotatable bonds is 17. The predicted octanol–water partition coefficient (Wildman–Crippen LogP) is 5.16. The van der Waals surface area contributed by atoms with Crippen LogP contribution in [0.1, 0.15) is 108 Å². The van der Waals surface area contributed by atoms with Crippen molar-refractivity contribution in [2.75, 3.05) is 0 Å². The number of aliphatic hydroxyl groups is 3. The first-order valence-electron chi connectivity index (χ1n) is 11.7. The number of aliphatic hydroxyl groups excluding tert-OH is 2. The summed E-state index contributed by atoms with van der Waals surface area (Å²) in [7, 11) is 0. The monoisotopic (exact) mass is 422 g/mol. The number of carbonyl (C=O) groups is 1. The standard InChI is InChI=1S/C25H42O5/c1-3-4-5-6-7-8-9-10-11-12-13-21-14-16-22(17-15-21)24(29)25(30,20(2)26)19-18-23(27)28/h14-17,20,24,26,29-30H,3-13,18-19H2,1-2H3,(H,27,28). The molecule has 0 aliphatic carbocycles. The third kappa shape index (κ3) is 9.59. The molecule has 1 aromatic carbocycles. The molecule has 0 saturated heterocycles. The fourth-order valence-corrected chi connectivity index (χ4v) is 3.85. The van der Waals surface area contributed by atoms with E-state index < -0.39 is 23.8 Å². The van der Waals surface area contributed by atoms with Crippen LogP contribution in [-0.2, 0) is 11.2 Å². The number of benzene rings is 1. The van der Waals surface area contributed by atoms with Crippen molar-refractivity contribution < 1.29 is 25.2 Å². The zero-order valence-corrected chi connectivity index (χ0v) is 18.9. The average molecular weight is 423 g/mol. The third-order valence-corrected chi connectivity index (χ3v) is 6.05. The predicted molar refractivity (Wildman–Crippen MR) is 120 cm³/mol. The molecule has 1 aromatic rings. The Bertz CT molecular complexity index is 584. The Hall–Kier alpha value is -1.43. The van der Waals surface area contributed by atoms with Crippen molar-refractivity contribution >= 4 is 5.97 Å². The Morgan fingerprint density at radius 3 is 1.87 bits per heavy atom. The largest absolute Gasteiger partial charge is 0.481 e. The summed E-state index contributed by atoms with van der Waals surface area (Å²) in [6, 6.07) is 7.38. The fraction of sp³-hybridized carbons (Fsp3) is 0.720. The Balaban J connectivity index is 2.39. The first-order valence-corrected chi connectivity index (χ1v) is 11.7. The molecule has 0 aliphatic rings. The van der Waals surface area contributed by atoms with Gasteiger partial charge in [-0.25, -0.2) is 0 Å². The van der Waals surface area contributed by atoms with E-state index >= 15 is 0 Å². The molecule has 5 heteroatoms. The zero-order chi connectivity index (χ0) is 22.4. The summed E-state index contributed by atoms with van der Waals surface area (Å²) in [5.41, 5.74) is -0.233. The summed E-state index contributed by atoms with van der Waals surface area (Å²) in [4.78, 5) is 10.8. The van der Waals surface area contributed by atoms with Crippen LogP contribution in [0, 0.1) is 0 Å². The van der Waals surface area contributed by atoms with Gasteiger partial charge in [0.2, 0.25) is 0 Å². The van der Waals surface area contributed by atoms with Gasteiger partial charge in [-0.3, -0.25) is 4.79 Å². The summed E-state index contributed by atoms with van der Waals surface area (Å²) in [5.74, 6) is -1.08. The normalized spacial score (nSPS) is 15.5. The molecular weight excluding hydrogens is 380 g/mol. The molecule has 0 saturated carbocycles. The highest BCUT2D eigenvalue weighted by Gasteiger charge is 2.41. The van der Waals surface area contributed by atoms with E-state index in [1.54, 1.807) is 12.1 Å². The molecule has 0 radical (unpaired) electrons. The molecule has 0 spiro atoms. The summed E-state index contributed by atoms with van der Waals surface area (Å²) < 4.78 is 0. The summed E-state index contributed by atoms with van der Waals surface area (Å²) >= 11 is 0. The second-order valence-corrected chi connectivity index (χ2v) is 8.64. The number of carboxylic acids is 1. The molecule has 0 amide bonds. The second-order valence-electron chi connectivity index (χ2n) is 8.64. The molecule has 0 aromatic heterocycles. The second kappa shape index (κ2) is 14.6. The maximum atomic E-state index is 10.8. The summed E-state index contributed by atoms with van der Waals surface area (Å²) in [5, 5.41) is 40.0. The minimum absolute atomic E-state index is 0.221. The van der Waals surface area contributed by atoms with Crippen molar-refractivity contribution in [1.29, 1.82) is 0 Å². The van der Waals surface area contributed by atoms with Crippen LogP contribution in [0.3, 0.4) is 0 Å². The summed E-state index contributed by atoms with van der Waals surface area (Å²) in [6.07, 6.45) is 10.9. The van der Waals surface area contributed by atoms with Gasteiger partial charge in [0, 0.05) is 6.42 Å². The van der Waals surface area contributed by atoms with Crippen LogP contribution in [0.2, 0.25) is 0 Å². The molecule has 5 nitrogen and oxygen atoms in total. The number of hydrogen-bond acceptors (Lipinski definition) is 4. The Morgan fingerprint density at radius 1 is 0.900 bits per heavy atom. The Labute approximate surface area is 182 Å². The van der Waals surface area contributed by atoms with Gasteiger partial charge in [0.1, 0.15) is 11.7 Å². The van der Waals surface area contributed by atoms with E-state index in [2.05, 4.69) is 6.92 Å². The molecule has 3 atom stereocenters. The number of hydrogen-bond donors (Lipinski definition) is 4. The van der Waals surface area contributed by atoms with Crippen molar-refractivity contribution in [3.8, 4) is 0 Å². The number of unbranched alkanes of at least 4 members (excludes halogenated alkanes) is 9. The zero-order valence-electron chi connectivity index (χ0n) is 18.9. The Kier molecular flexibility index (Phi) is 12.9. The fourth-order valence-electron chi connectivity index (χ4n) is 3.85. The van der Waals surface area contributed by atoms with Gasteiger partial charge in [-0.2, -0.15) is 0 Å². The van der Waals surface area contributed by atoms with Gasteiger partial charge in [0.15, 0.2) is 0 Å². The number of aliphatic carboxylic acids is 1. The highest BCUT2D eigenvalue weighted by molar-refractivity contribution is 5.66. The van der Waals surface area contributed by atoms with E-state index in [1.165, 1.54) is 70.3 Å². The number of carboxylic acid groups (broad SMARTS) is 1. The minimum atomic E-state index is -1.89. The van der Waals surface area contributed by atoms with E-state index in [0.717, 1.165) is 12.8 Å². The maximum absolute atomic E-state index is 10.8. The van der Waals surface area contributed by atoms with Crippen molar-refractivity contribution in [2.45, 2.75) is 115 Å². The van der Waals surface area contributed by atoms with E-state index in [1.807, 2.05) is 12.1 Å². The van der Waals surface area contributed by atoms with E-state index in [-0.39, 0.29) is 12.8 Å². The molecule has 0 heterocycles. The van der Waals surface area contributed by atoms with E-state index in [9.17, 15) is 20.1 Å². The van der Waals surface area contributed by atoms with Crippen molar-refractivity contribution in [1.82, 2.24) is 0 Å². The molecule has 3 unspecified atom stereocenters. The smallest absolute Gasteiger partial charge is 0.303 e. The van der Waals surface area contributed by atoms with Crippen LogP contribution in [-0.4, -0.2) is 38.1 Å². The molecule has 30 heavy (non-hydrogen) atoms. The van der Waals surface area contributed by atoms with Crippen LogP contribution < -0.4 is 0 Å². The van der Waals surface area contributed by atoms with Crippen LogP contribution in [0.5, 0.6) is 0 Å². The average Bonchev–Trinajstić information content (AvgIpc) is 2.73. The van der Waals surface area contributed by atoms with Gasteiger partial charge in [-0.1, -0.05) is 89.0 Å². The molecule has 0 fully saturated rings. The number of aryl methyl sites for hydroxylation is 1.